The number of aromatic nitrogens is 2. The van der Waals surface area contributed by atoms with Gasteiger partial charge in [0.25, 0.3) is 0 Å². The zero-order valence-corrected chi connectivity index (χ0v) is 17.9. The van der Waals surface area contributed by atoms with E-state index in [-0.39, 0.29) is 17.6 Å². The molecule has 1 saturated carbocycles. The highest BCUT2D eigenvalue weighted by molar-refractivity contribution is 7.26. The monoisotopic (exact) mass is 426 g/mol. The number of nitrogens with zero attached hydrogens (tertiary/aromatic N) is 3. The molecule has 5 rings (SSSR count). The van der Waals surface area contributed by atoms with Crippen molar-refractivity contribution in [2.75, 3.05) is 18.0 Å². The molecule has 2 fully saturated rings. The van der Waals surface area contributed by atoms with Crippen LogP contribution in [0, 0.1) is 11.7 Å². The topological polar surface area (TPSA) is 58.1 Å². The zero-order valence-electron chi connectivity index (χ0n) is 17.1. The van der Waals surface area contributed by atoms with E-state index in [1.165, 1.54) is 49.4 Å². The molecule has 5 nitrogen and oxygen atoms in total. The summed E-state index contributed by atoms with van der Waals surface area (Å²) in [5, 5.41) is 3.89. The van der Waals surface area contributed by atoms with Gasteiger partial charge in [-0.05, 0) is 37.8 Å². The number of halogens is 1. The Morgan fingerprint density at radius 3 is 2.77 bits per heavy atom. The summed E-state index contributed by atoms with van der Waals surface area (Å²) in [4.78, 5) is 24.1. The first kappa shape index (κ1) is 19.7. The molecule has 1 amide bonds. The number of carbonyl (C=O) groups is 1. The summed E-state index contributed by atoms with van der Waals surface area (Å²) in [6, 6.07) is 5.46. The molecule has 158 valence electrons. The van der Waals surface area contributed by atoms with Gasteiger partial charge in [-0.2, -0.15) is 0 Å². The van der Waals surface area contributed by atoms with Gasteiger partial charge >= 0.3 is 0 Å². The average Bonchev–Trinajstić information content (AvgIpc) is 2.97. The van der Waals surface area contributed by atoms with Crippen LogP contribution in [0.3, 0.4) is 0 Å². The Kier molecular flexibility index (Phi) is 5.54. The average molecular weight is 427 g/mol. The minimum Gasteiger partial charge on any atom is -0.355 e. The predicted octanol–water partition coefficient (Wildman–Crippen LogP) is 5.04. The van der Waals surface area contributed by atoms with Crippen LogP contribution in [0.25, 0.3) is 20.3 Å². The maximum Gasteiger partial charge on any atom is 0.225 e. The van der Waals surface area contributed by atoms with Crippen LogP contribution < -0.4 is 10.2 Å². The lowest BCUT2D eigenvalue weighted by molar-refractivity contribution is -0.126. The number of amides is 1. The highest BCUT2D eigenvalue weighted by Gasteiger charge is 2.29. The lowest BCUT2D eigenvalue weighted by Gasteiger charge is -2.33. The molecule has 0 unspecified atom stereocenters. The van der Waals surface area contributed by atoms with Crippen molar-refractivity contribution < 1.29 is 9.18 Å². The molecule has 0 spiro atoms. The van der Waals surface area contributed by atoms with Gasteiger partial charge in [-0.1, -0.05) is 31.7 Å². The van der Waals surface area contributed by atoms with E-state index in [9.17, 15) is 9.18 Å². The van der Waals surface area contributed by atoms with Crippen LogP contribution >= 0.6 is 11.3 Å². The van der Waals surface area contributed by atoms with Crippen LogP contribution in [-0.4, -0.2) is 35.0 Å². The van der Waals surface area contributed by atoms with Crippen molar-refractivity contribution in [2.45, 2.75) is 57.4 Å². The van der Waals surface area contributed by atoms with E-state index in [4.69, 9.17) is 0 Å². The standard InChI is InChI=1S/C23H27FN4OS/c24-17-10-5-11-18-19(17)20-21(30-18)22(26-14-25-20)28-12-6-7-15(13-28)23(29)27-16-8-3-1-2-4-9-16/h5,10-11,14-16H,1-4,6-9,12-13H2,(H,27,29)/t15-/m1/s1. The Labute approximate surface area is 179 Å². The van der Waals surface area contributed by atoms with Crippen molar-refractivity contribution in [3.8, 4) is 0 Å². The van der Waals surface area contributed by atoms with Gasteiger partial charge in [0.1, 0.15) is 18.0 Å². The van der Waals surface area contributed by atoms with Gasteiger partial charge in [0.2, 0.25) is 5.91 Å². The fourth-order valence-corrected chi connectivity index (χ4v) is 6.10. The van der Waals surface area contributed by atoms with Crippen LogP contribution in [0.4, 0.5) is 10.2 Å². The third-order valence-corrected chi connectivity index (χ3v) is 7.64. The van der Waals surface area contributed by atoms with Crippen molar-refractivity contribution in [3.05, 3.63) is 30.3 Å². The second-order valence-corrected chi connectivity index (χ2v) is 9.62. The summed E-state index contributed by atoms with van der Waals surface area (Å²) in [5.41, 5.74) is 0.670. The zero-order chi connectivity index (χ0) is 20.5. The van der Waals surface area contributed by atoms with Gasteiger partial charge in [-0.15, -0.1) is 11.3 Å². The van der Waals surface area contributed by atoms with Gasteiger partial charge < -0.3 is 10.2 Å². The van der Waals surface area contributed by atoms with Crippen molar-refractivity contribution >= 4 is 43.4 Å². The molecule has 1 aliphatic heterocycles. The Bertz CT molecular complexity index is 1060. The molecule has 0 radical (unpaired) electrons. The van der Waals surface area contributed by atoms with Crippen LogP contribution in [-0.2, 0) is 4.79 Å². The SMILES string of the molecule is O=C(NC1CCCCCC1)[C@@H]1CCCN(c2ncnc3c2sc2cccc(F)c23)C1. The Morgan fingerprint density at radius 1 is 1.10 bits per heavy atom. The second-order valence-electron chi connectivity index (χ2n) is 8.57. The minimum atomic E-state index is -0.248. The number of benzene rings is 1. The quantitative estimate of drug-likeness (QED) is 0.596. The molecule has 1 saturated heterocycles. The fraction of sp³-hybridized carbons (Fsp3) is 0.522. The normalized spacial score (nSPS) is 21.1. The largest absolute Gasteiger partial charge is 0.355 e. The van der Waals surface area contributed by atoms with E-state index < -0.39 is 0 Å². The summed E-state index contributed by atoms with van der Waals surface area (Å²) in [6.45, 7) is 1.51. The molecular weight excluding hydrogens is 399 g/mol. The number of carbonyl (C=O) groups excluding carboxylic acids is 1. The van der Waals surface area contributed by atoms with Gasteiger partial charge in [-0.25, -0.2) is 14.4 Å². The highest BCUT2D eigenvalue weighted by atomic mass is 32.1. The number of nitrogens with one attached hydrogen (secondary N) is 1. The molecule has 1 atom stereocenters. The third-order valence-electron chi connectivity index (χ3n) is 6.50. The molecule has 1 aromatic carbocycles. The van der Waals surface area contributed by atoms with Crippen LogP contribution in [0.1, 0.15) is 51.4 Å². The van der Waals surface area contributed by atoms with E-state index in [0.717, 1.165) is 47.4 Å². The van der Waals surface area contributed by atoms with E-state index in [1.807, 2.05) is 6.07 Å². The number of piperidine rings is 1. The molecule has 3 heterocycles. The summed E-state index contributed by atoms with van der Waals surface area (Å²) in [7, 11) is 0. The number of anilines is 1. The van der Waals surface area contributed by atoms with Crippen LogP contribution in [0.2, 0.25) is 0 Å². The third kappa shape index (κ3) is 3.75. The number of thiophene rings is 1. The molecule has 3 aromatic rings. The molecule has 1 aliphatic carbocycles. The summed E-state index contributed by atoms with van der Waals surface area (Å²) >= 11 is 1.53. The first-order chi connectivity index (χ1) is 14.7. The molecule has 2 aliphatic rings. The molecular formula is C23H27FN4OS. The van der Waals surface area contributed by atoms with Crippen molar-refractivity contribution in [3.63, 3.8) is 0 Å². The van der Waals surface area contributed by atoms with Crippen molar-refractivity contribution in [1.29, 1.82) is 0 Å². The van der Waals surface area contributed by atoms with E-state index >= 15 is 0 Å². The summed E-state index contributed by atoms with van der Waals surface area (Å²) < 4.78 is 16.2. The molecule has 1 N–H and O–H groups in total. The minimum absolute atomic E-state index is 0.0295. The Hall–Kier alpha value is -2.28. The summed E-state index contributed by atoms with van der Waals surface area (Å²) in [5.74, 6) is 0.729. The molecule has 7 heteroatoms. The van der Waals surface area contributed by atoms with Gasteiger partial charge in [0.05, 0.1) is 21.5 Å². The first-order valence-electron chi connectivity index (χ1n) is 11.1. The van der Waals surface area contributed by atoms with Crippen molar-refractivity contribution in [2.24, 2.45) is 5.92 Å². The Morgan fingerprint density at radius 2 is 1.93 bits per heavy atom. The number of hydrogen-bond donors (Lipinski definition) is 1. The molecule has 0 bridgehead atoms. The van der Waals surface area contributed by atoms with Gasteiger partial charge in [-0.3, -0.25) is 4.79 Å². The summed E-state index contributed by atoms with van der Waals surface area (Å²) in [6.07, 6.45) is 10.6. The number of fused-ring (bicyclic) bond motifs is 3. The fourth-order valence-electron chi connectivity index (χ4n) is 4.92. The maximum atomic E-state index is 14.4. The van der Waals surface area contributed by atoms with E-state index in [0.29, 0.717) is 23.5 Å². The first-order valence-corrected chi connectivity index (χ1v) is 11.9. The number of rotatable bonds is 3. The number of hydrogen-bond acceptors (Lipinski definition) is 5. The predicted molar refractivity (Wildman–Crippen MR) is 119 cm³/mol. The maximum absolute atomic E-state index is 14.4. The van der Waals surface area contributed by atoms with Crippen LogP contribution in [0.5, 0.6) is 0 Å². The lowest BCUT2D eigenvalue weighted by atomic mass is 9.96. The van der Waals surface area contributed by atoms with Gasteiger partial charge in [0, 0.05) is 23.8 Å². The van der Waals surface area contributed by atoms with E-state index in [2.05, 4.69) is 20.2 Å². The molecule has 2 aromatic heterocycles. The molecule has 30 heavy (non-hydrogen) atoms. The second kappa shape index (κ2) is 8.46. The van der Waals surface area contributed by atoms with Crippen molar-refractivity contribution in [1.82, 2.24) is 15.3 Å². The van der Waals surface area contributed by atoms with Crippen LogP contribution in [0.15, 0.2) is 24.5 Å². The Balaban J connectivity index is 1.38. The lowest BCUT2D eigenvalue weighted by Crippen LogP contribution is -2.46. The van der Waals surface area contributed by atoms with Gasteiger partial charge in [0.15, 0.2) is 0 Å². The highest BCUT2D eigenvalue weighted by Crippen LogP contribution is 2.39. The van der Waals surface area contributed by atoms with E-state index in [1.54, 1.807) is 6.07 Å². The smallest absolute Gasteiger partial charge is 0.225 e.